The molecule has 2 unspecified atom stereocenters. The van der Waals surface area contributed by atoms with E-state index >= 15 is 0 Å². The van der Waals surface area contributed by atoms with Crippen LogP contribution in [0.3, 0.4) is 0 Å². The zero-order valence-corrected chi connectivity index (χ0v) is 14.3. The minimum Gasteiger partial charge on any atom is -0.273 e. The van der Waals surface area contributed by atoms with Gasteiger partial charge in [0.15, 0.2) is 0 Å². The van der Waals surface area contributed by atoms with E-state index in [9.17, 15) is 9.59 Å². The molecule has 0 aromatic carbocycles. The maximum atomic E-state index is 13.0. The molecule has 6 atom stereocenters. The Labute approximate surface area is 144 Å². The van der Waals surface area contributed by atoms with Gasteiger partial charge in [-0.05, 0) is 42.9 Å². The van der Waals surface area contributed by atoms with E-state index in [1.165, 1.54) is 50.0 Å². The van der Waals surface area contributed by atoms with Gasteiger partial charge in [-0.1, -0.05) is 50.7 Å². The summed E-state index contributed by atoms with van der Waals surface area (Å²) in [4.78, 5) is 26.0. The second kappa shape index (κ2) is 5.69. The summed E-state index contributed by atoms with van der Waals surface area (Å²) in [6.45, 7) is 0. The first-order valence-corrected chi connectivity index (χ1v) is 10.1. The SMILES string of the molecule is O=C1[C@@H]2C3C=CC([C@H]4C[C@@H]34)[C@@H]2C(=O)N1NC1CCCCCCCC1. The lowest BCUT2D eigenvalue weighted by molar-refractivity contribution is -0.145. The predicted octanol–water partition coefficient (Wildman–Crippen LogP) is 3.05. The molecule has 2 bridgehead atoms. The lowest BCUT2D eigenvalue weighted by atomic mass is 9.63. The van der Waals surface area contributed by atoms with E-state index in [1.54, 1.807) is 0 Å². The number of nitrogens with zero attached hydrogens (tertiary/aromatic N) is 1. The van der Waals surface area contributed by atoms with Crippen LogP contribution in [0.1, 0.15) is 57.8 Å². The lowest BCUT2D eigenvalue weighted by Crippen LogP contribution is -2.49. The fourth-order valence-corrected chi connectivity index (χ4v) is 6.03. The van der Waals surface area contributed by atoms with Crippen LogP contribution >= 0.6 is 0 Å². The number of carbonyl (C=O) groups excluding carboxylic acids is 2. The summed E-state index contributed by atoms with van der Waals surface area (Å²) in [6.07, 6.45) is 15.5. The predicted molar refractivity (Wildman–Crippen MR) is 90.4 cm³/mol. The Morgan fingerprint density at radius 2 is 1.29 bits per heavy atom. The summed E-state index contributed by atoms with van der Waals surface area (Å²) in [5.74, 6) is 2.01. The Hall–Kier alpha value is -1.16. The molecule has 1 heterocycles. The van der Waals surface area contributed by atoms with Crippen molar-refractivity contribution in [2.75, 3.05) is 0 Å². The Morgan fingerprint density at radius 1 is 0.792 bits per heavy atom. The highest BCUT2D eigenvalue weighted by Crippen LogP contribution is 2.65. The quantitative estimate of drug-likeness (QED) is 0.626. The molecule has 4 fully saturated rings. The van der Waals surface area contributed by atoms with Gasteiger partial charge < -0.3 is 0 Å². The summed E-state index contributed by atoms with van der Waals surface area (Å²) < 4.78 is 0. The summed E-state index contributed by atoms with van der Waals surface area (Å²) in [7, 11) is 0. The van der Waals surface area contributed by atoms with Crippen molar-refractivity contribution < 1.29 is 9.59 Å². The van der Waals surface area contributed by atoms with Crippen LogP contribution in [-0.4, -0.2) is 22.9 Å². The minimum absolute atomic E-state index is 0.0644. The smallest absolute Gasteiger partial charge is 0.248 e. The van der Waals surface area contributed by atoms with Crippen molar-refractivity contribution in [2.24, 2.45) is 35.5 Å². The van der Waals surface area contributed by atoms with Crippen molar-refractivity contribution in [1.29, 1.82) is 0 Å². The van der Waals surface area contributed by atoms with Crippen molar-refractivity contribution in [3.05, 3.63) is 12.2 Å². The number of hydrazine groups is 1. The Morgan fingerprint density at radius 3 is 1.83 bits per heavy atom. The highest BCUT2D eigenvalue weighted by molar-refractivity contribution is 6.05. The van der Waals surface area contributed by atoms with E-state index in [0.717, 1.165) is 12.8 Å². The number of hydrogen-bond acceptors (Lipinski definition) is 3. The normalized spacial score (nSPS) is 44.8. The number of carbonyl (C=O) groups is 2. The van der Waals surface area contributed by atoms with Crippen molar-refractivity contribution in [2.45, 2.75) is 63.8 Å². The molecule has 0 aromatic heterocycles. The Balaban J connectivity index is 1.32. The molecular formula is C20H28N2O2. The number of imide groups is 1. The monoisotopic (exact) mass is 328 g/mol. The van der Waals surface area contributed by atoms with Crippen molar-refractivity contribution >= 4 is 11.8 Å². The van der Waals surface area contributed by atoms with E-state index in [0.29, 0.717) is 23.7 Å². The zero-order chi connectivity index (χ0) is 16.3. The molecule has 0 aromatic rings. The van der Waals surface area contributed by atoms with Crippen LogP contribution in [0.5, 0.6) is 0 Å². The number of nitrogens with one attached hydrogen (secondary N) is 1. The number of rotatable bonds is 2. The van der Waals surface area contributed by atoms with Crippen molar-refractivity contribution in [3.8, 4) is 0 Å². The standard InChI is InChI=1S/C20H28N2O2/c23-19-17-13-9-10-14(16-11-15(13)16)18(17)20(24)22(19)21-12-7-5-3-1-2-4-6-8-12/h9-10,12-18,21H,1-8,11H2/t13?,14?,15-,16+,17+,18-. The van der Waals surface area contributed by atoms with Crippen LogP contribution in [0, 0.1) is 35.5 Å². The Bertz CT molecular complexity index is 540. The molecule has 24 heavy (non-hydrogen) atoms. The summed E-state index contributed by atoms with van der Waals surface area (Å²) in [5, 5.41) is 1.45. The van der Waals surface area contributed by atoms with Gasteiger partial charge in [0.05, 0.1) is 11.8 Å². The van der Waals surface area contributed by atoms with Gasteiger partial charge in [0.25, 0.3) is 0 Å². The Kier molecular flexibility index (Phi) is 3.58. The van der Waals surface area contributed by atoms with Gasteiger partial charge >= 0.3 is 0 Å². The van der Waals surface area contributed by atoms with Crippen LogP contribution in [-0.2, 0) is 9.59 Å². The van der Waals surface area contributed by atoms with E-state index in [4.69, 9.17) is 0 Å². The van der Waals surface area contributed by atoms with Crippen molar-refractivity contribution in [1.82, 2.24) is 10.4 Å². The average molecular weight is 328 g/mol. The van der Waals surface area contributed by atoms with Gasteiger partial charge in [-0.25, -0.2) is 10.4 Å². The van der Waals surface area contributed by atoms with E-state index in [-0.39, 0.29) is 29.7 Å². The summed E-state index contributed by atoms with van der Waals surface area (Å²) >= 11 is 0. The van der Waals surface area contributed by atoms with Gasteiger partial charge in [0.1, 0.15) is 0 Å². The molecule has 1 N–H and O–H groups in total. The average Bonchev–Trinajstić information content (AvgIpc) is 3.35. The number of amides is 2. The van der Waals surface area contributed by atoms with Crippen LogP contribution in [0.2, 0.25) is 0 Å². The number of allylic oxidation sites excluding steroid dienone is 2. The fraction of sp³-hybridized carbons (Fsp3) is 0.800. The van der Waals surface area contributed by atoms with Crippen LogP contribution in [0.4, 0.5) is 0 Å². The van der Waals surface area contributed by atoms with E-state index in [2.05, 4.69) is 17.6 Å². The van der Waals surface area contributed by atoms with Crippen LogP contribution in [0.25, 0.3) is 0 Å². The summed E-state index contributed by atoms with van der Waals surface area (Å²) in [5.41, 5.74) is 3.37. The molecule has 1 aliphatic heterocycles. The third-order valence-corrected chi connectivity index (χ3v) is 7.33. The first-order valence-electron chi connectivity index (χ1n) is 10.1. The molecule has 6 aliphatic rings. The van der Waals surface area contributed by atoms with Gasteiger partial charge in [0.2, 0.25) is 11.8 Å². The third-order valence-electron chi connectivity index (χ3n) is 7.33. The topological polar surface area (TPSA) is 49.4 Å². The number of hydrogen-bond donors (Lipinski definition) is 1. The molecule has 5 aliphatic carbocycles. The first kappa shape index (κ1) is 15.1. The highest BCUT2D eigenvalue weighted by atomic mass is 16.2. The first-order chi connectivity index (χ1) is 11.8. The second-order valence-corrected chi connectivity index (χ2v) is 8.69. The summed E-state index contributed by atoms with van der Waals surface area (Å²) in [6, 6.07) is 0.288. The third kappa shape index (κ3) is 2.22. The van der Waals surface area contributed by atoms with Gasteiger partial charge in [-0.2, -0.15) is 0 Å². The molecule has 1 saturated heterocycles. The largest absolute Gasteiger partial charge is 0.273 e. The molecule has 0 spiro atoms. The molecule has 2 amide bonds. The highest BCUT2D eigenvalue weighted by Gasteiger charge is 2.67. The molecule has 130 valence electrons. The molecule has 0 radical (unpaired) electrons. The van der Waals surface area contributed by atoms with Crippen LogP contribution < -0.4 is 5.43 Å². The van der Waals surface area contributed by atoms with Gasteiger partial charge in [0, 0.05) is 6.04 Å². The molecular weight excluding hydrogens is 300 g/mol. The molecule has 3 saturated carbocycles. The zero-order valence-electron chi connectivity index (χ0n) is 14.3. The van der Waals surface area contributed by atoms with Gasteiger partial charge in [-0.15, -0.1) is 0 Å². The van der Waals surface area contributed by atoms with Crippen molar-refractivity contribution in [3.63, 3.8) is 0 Å². The van der Waals surface area contributed by atoms with E-state index in [1.807, 2.05) is 0 Å². The molecule has 4 nitrogen and oxygen atoms in total. The molecule has 4 heteroatoms. The minimum atomic E-state index is -0.0694. The maximum absolute atomic E-state index is 13.0. The lowest BCUT2D eigenvalue weighted by Gasteiger charge is -2.37. The fourth-order valence-electron chi connectivity index (χ4n) is 6.03. The van der Waals surface area contributed by atoms with Gasteiger partial charge in [-0.3, -0.25) is 9.59 Å². The van der Waals surface area contributed by atoms with Crippen LogP contribution in [0.15, 0.2) is 12.2 Å². The van der Waals surface area contributed by atoms with E-state index < -0.39 is 0 Å². The molecule has 6 rings (SSSR count). The maximum Gasteiger partial charge on any atom is 0.248 e. The second-order valence-electron chi connectivity index (χ2n) is 8.69.